The highest BCUT2D eigenvalue weighted by molar-refractivity contribution is 6.01. The summed E-state index contributed by atoms with van der Waals surface area (Å²) in [4.78, 5) is 31.8. The van der Waals surface area contributed by atoms with Gasteiger partial charge >= 0.3 is 0 Å². The van der Waals surface area contributed by atoms with Crippen LogP contribution in [0.5, 0.6) is 0 Å². The molecule has 1 aromatic heterocycles. The Hall–Kier alpha value is -4.12. The van der Waals surface area contributed by atoms with Crippen molar-refractivity contribution >= 4 is 24.3 Å². The number of ether oxygens (including phenoxy) is 2. The summed E-state index contributed by atoms with van der Waals surface area (Å²) in [6.07, 6.45) is 6.46. The van der Waals surface area contributed by atoms with Crippen molar-refractivity contribution in [2.75, 3.05) is 39.9 Å². The minimum absolute atomic E-state index is 0.0489. The number of amides is 1. The van der Waals surface area contributed by atoms with Gasteiger partial charge < -0.3 is 24.7 Å². The molecule has 0 bridgehead atoms. The number of hydrogen-bond acceptors (Lipinski definition) is 7. The molecule has 0 spiro atoms. The van der Waals surface area contributed by atoms with Gasteiger partial charge in [0.2, 0.25) is 0 Å². The van der Waals surface area contributed by atoms with E-state index in [-0.39, 0.29) is 23.4 Å². The molecule has 0 saturated carbocycles. The van der Waals surface area contributed by atoms with E-state index in [1.165, 1.54) is 18.2 Å². The molecule has 9 nitrogen and oxygen atoms in total. The van der Waals surface area contributed by atoms with Crippen molar-refractivity contribution in [2.24, 2.45) is 0 Å². The van der Waals surface area contributed by atoms with Crippen molar-refractivity contribution in [2.45, 2.75) is 45.4 Å². The molecule has 0 aliphatic carbocycles. The second-order valence-corrected chi connectivity index (χ2v) is 11.0. The molecule has 10 heteroatoms. The van der Waals surface area contributed by atoms with Crippen LogP contribution in [-0.2, 0) is 32.2 Å². The average Bonchev–Trinajstić information content (AvgIpc) is 3.42. The van der Waals surface area contributed by atoms with Gasteiger partial charge in [-0.25, -0.2) is 9.37 Å². The molecule has 1 fully saturated rings. The summed E-state index contributed by atoms with van der Waals surface area (Å²) in [5.74, 6) is -0.782. The van der Waals surface area contributed by atoms with E-state index in [1.807, 2.05) is 18.2 Å². The Kier molecular flexibility index (Phi) is 12.4. The van der Waals surface area contributed by atoms with E-state index >= 15 is 0 Å². The Morgan fingerprint density at radius 2 is 1.98 bits per heavy atom. The highest BCUT2D eigenvalue weighted by Crippen LogP contribution is 2.21. The number of aldehydes is 1. The van der Waals surface area contributed by atoms with Crippen molar-refractivity contribution in [3.8, 4) is 0 Å². The van der Waals surface area contributed by atoms with Gasteiger partial charge in [-0.1, -0.05) is 56.3 Å². The number of aromatic nitrogens is 2. The molecule has 3 aromatic rings. The van der Waals surface area contributed by atoms with E-state index in [0.717, 1.165) is 43.9 Å². The Morgan fingerprint density at radius 3 is 2.70 bits per heavy atom. The van der Waals surface area contributed by atoms with Crippen LogP contribution >= 0.6 is 0 Å². The first kappa shape index (κ1) is 32.8. The van der Waals surface area contributed by atoms with Crippen LogP contribution in [0.4, 0.5) is 4.39 Å². The van der Waals surface area contributed by atoms with E-state index in [4.69, 9.17) is 9.47 Å². The number of benzene rings is 2. The quantitative estimate of drug-likeness (QED) is 0.197. The lowest BCUT2D eigenvalue weighted by molar-refractivity contribution is -0.118. The molecule has 1 aliphatic rings. The second-order valence-electron chi connectivity index (χ2n) is 11.0. The van der Waals surface area contributed by atoms with Crippen LogP contribution in [0.1, 0.15) is 48.7 Å². The highest BCUT2D eigenvalue weighted by atomic mass is 19.1. The monoisotopic (exact) mass is 603 g/mol. The fourth-order valence-electron chi connectivity index (χ4n) is 5.22. The van der Waals surface area contributed by atoms with Crippen LogP contribution in [0.25, 0.3) is 12.2 Å². The van der Waals surface area contributed by atoms with Crippen LogP contribution in [-0.4, -0.2) is 72.6 Å². The number of carbonyl (C=O) groups is 2. The number of nitrogens with zero attached hydrogens (tertiary/aromatic N) is 3. The highest BCUT2D eigenvalue weighted by Gasteiger charge is 2.21. The summed E-state index contributed by atoms with van der Waals surface area (Å²) in [5, 5.41) is 5.45. The van der Waals surface area contributed by atoms with Crippen molar-refractivity contribution < 1.29 is 23.5 Å². The van der Waals surface area contributed by atoms with Gasteiger partial charge in [0, 0.05) is 38.9 Å². The third-order valence-electron chi connectivity index (χ3n) is 7.32. The van der Waals surface area contributed by atoms with Gasteiger partial charge in [0.25, 0.3) is 5.91 Å². The molecule has 1 unspecified atom stereocenters. The zero-order valence-corrected chi connectivity index (χ0v) is 25.7. The molecule has 1 atom stereocenters. The molecule has 2 N–H and O–H groups in total. The number of halogens is 1. The van der Waals surface area contributed by atoms with Crippen LogP contribution in [0, 0.1) is 5.82 Å². The molecule has 1 aliphatic heterocycles. The largest absolute Gasteiger partial charge is 0.384 e. The average molecular weight is 604 g/mol. The van der Waals surface area contributed by atoms with Gasteiger partial charge in [0.05, 0.1) is 43.6 Å². The zero-order chi connectivity index (χ0) is 31.3. The number of carbonyl (C=O) groups excluding carboxylic acids is 2. The zero-order valence-electron chi connectivity index (χ0n) is 25.7. The normalized spacial score (nSPS) is 16.2. The SMILES string of the molecule is CN/C(=C\c1cccc(F)c1)C(=O)N/C(C=O)=C\c1ncn(CCCN2CCOC(COCc3ccccc3)C2)c1C(C)C. The van der Waals surface area contributed by atoms with Crippen molar-refractivity contribution in [3.63, 3.8) is 0 Å². The fourth-order valence-corrected chi connectivity index (χ4v) is 5.22. The van der Waals surface area contributed by atoms with E-state index in [1.54, 1.807) is 31.6 Å². The Balaban J connectivity index is 1.32. The minimum Gasteiger partial charge on any atom is -0.384 e. The van der Waals surface area contributed by atoms with Gasteiger partial charge in [-0.2, -0.15) is 0 Å². The number of rotatable bonds is 15. The predicted octanol–water partition coefficient (Wildman–Crippen LogP) is 4.37. The maximum absolute atomic E-state index is 13.6. The van der Waals surface area contributed by atoms with Gasteiger partial charge in [-0.05, 0) is 47.8 Å². The van der Waals surface area contributed by atoms with Gasteiger partial charge in [-0.15, -0.1) is 0 Å². The molecule has 44 heavy (non-hydrogen) atoms. The lowest BCUT2D eigenvalue weighted by atomic mass is 10.1. The van der Waals surface area contributed by atoms with Crippen LogP contribution < -0.4 is 10.6 Å². The smallest absolute Gasteiger partial charge is 0.271 e. The summed E-state index contributed by atoms with van der Waals surface area (Å²) in [6.45, 7) is 9.37. The van der Waals surface area contributed by atoms with E-state index in [9.17, 15) is 14.0 Å². The molecular weight excluding hydrogens is 561 g/mol. The van der Waals surface area contributed by atoms with Crippen LogP contribution in [0.2, 0.25) is 0 Å². The first-order valence-electron chi connectivity index (χ1n) is 15.0. The maximum Gasteiger partial charge on any atom is 0.271 e. The molecule has 1 saturated heterocycles. The molecule has 4 rings (SSSR count). The Bertz CT molecular complexity index is 1440. The van der Waals surface area contributed by atoms with E-state index < -0.39 is 11.7 Å². The van der Waals surface area contributed by atoms with Gasteiger partial charge in [0.15, 0.2) is 6.29 Å². The molecule has 2 heterocycles. The number of hydrogen-bond donors (Lipinski definition) is 2. The number of nitrogens with one attached hydrogen (secondary N) is 2. The van der Waals surface area contributed by atoms with E-state index in [2.05, 4.69) is 51.1 Å². The Labute approximate surface area is 258 Å². The number of likely N-dealkylation sites (N-methyl/N-ethyl adjacent to an activating group) is 1. The predicted molar refractivity (Wildman–Crippen MR) is 169 cm³/mol. The number of aryl methyl sites for hydroxylation is 1. The third-order valence-corrected chi connectivity index (χ3v) is 7.32. The summed E-state index contributed by atoms with van der Waals surface area (Å²) in [5.41, 5.74) is 3.55. The number of allylic oxidation sites excluding steroid dienone is 1. The van der Waals surface area contributed by atoms with Crippen LogP contribution in [0.15, 0.2) is 72.3 Å². The van der Waals surface area contributed by atoms with Gasteiger partial charge in [0.1, 0.15) is 11.5 Å². The molecule has 0 radical (unpaired) electrons. The summed E-state index contributed by atoms with van der Waals surface area (Å²) >= 11 is 0. The van der Waals surface area contributed by atoms with Crippen molar-refractivity contribution in [3.05, 3.63) is 101 Å². The lowest BCUT2D eigenvalue weighted by Crippen LogP contribution is -2.44. The molecule has 2 aromatic carbocycles. The lowest BCUT2D eigenvalue weighted by Gasteiger charge is -2.32. The molecule has 234 valence electrons. The maximum atomic E-state index is 13.6. The number of imidazole rings is 1. The Morgan fingerprint density at radius 1 is 1.16 bits per heavy atom. The van der Waals surface area contributed by atoms with E-state index in [0.29, 0.717) is 37.4 Å². The number of morpholine rings is 1. The molecular formula is C34H42FN5O4. The first-order valence-corrected chi connectivity index (χ1v) is 15.0. The topological polar surface area (TPSA) is 97.7 Å². The first-order chi connectivity index (χ1) is 21.4. The second kappa shape index (κ2) is 16.7. The third kappa shape index (κ3) is 9.70. The van der Waals surface area contributed by atoms with Crippen molar-refractivity contribution in [1.29, 1.82) is 0 Å². The van der Waals surface area contributed by atoms with Crippen molar-refractivity contribution in [1.82, 2.24) is 25.1 Å². The summed E-state index contributed by atoms with van der Waals surface area (Å²) < 4.78 is 27.5. The van der Waals surface area contributed by atoms with Gasteiger partial charge in [-0.3, -0.25) is 14.5 Å². The minimum atomic E-state index is -0.519. The molecule has 1 amide bonds. The standard InChI is InChI=1S/C34H42FN5O4/c1-25(2)33-31(19-29(21-41)38-34(42)32(36-3)18-27-11-7-12-28(35)17-27)37-24-40(33)14-8-13-39-15-16-44-30(20-39)23-43-22-26-9-5-4-6-10-26/h4-7,9-12,17-19,21,24-25,30,36H,8,13-16,20,22-23H2,1-3H3,(H,38,42)/b29-19-,32-18-. The van der Waals surface area contributed by atoms with Crippen LogP contribution in [0.3, 0.4) is 0 Å². The fraction of sp³-hybridized carbons (Fsp3) is 0.382. The summed E-state index contributed by atoms with van der Waals surface area (Å²) in [7, 11) is 1.59. The summed E-state index contributed by atoms with van der Waals surface area (Å²) in [6, 6.07) is 16.0.